The van der Waals surface area contributed by atoms with Gasteiger partial charge in [0.05, 0.1) is 0 Å². The summed E-state index contributed by atoms with van der Waals surface area (Å²) >= 11 is 5.98. The number of aromatic nitrogens is 3. The molecule has 7 heteroatoms. The summed E-state index contributed by atoms with van der Waals surface area (Å²) in [6.45, 7) is 0. The second-order valence-electron chi connectivity index (χ2n) is 5.72. The van der Waals surface area contributed by atoms with Crippen LogP contribution >= 0.6 is 11.6 Å². The third-order valence-electron chi connectivity index (χ3n) is 3.88. The van der Waals surface area contributed by atoms with E-state index >= 15 is 0 Å². The molecule has 0 saturated heterocycles. The molecule has 0 bridgehead atoms. The molecule has 2 N–H and O–H groups in total. The van der Waals surface area contributed by atoms with E-state index in [9.17, 15) is 4.39 Å². The highest BCUT2D eigenvalue weighted by molar-refractivity contribution is 6.28. The molecule has 1 fully saturated rings. The summed E-state index contributed by atoms with van der Waals surface area (Å²) in [6.07, 6.45) is 7.20. The van der Waals surface area contributed by atoms with Crippen LogP contribution in [0, 0.1) is 5.82 Å². The average Bonchev–Trinajstić information content (AvgIpc) is 2.75. The van der Waals surface area contributed by atoms with Crippen LogP contribution in [0.25, 0.3) is 0 Å². The maximum absolute atomic E-state index is 13.2. The van der Waals surface area contributed by atoms with Gasteiger partial charge in [0.25, 0.3) is 0 Å². The quantitative estimate of drug-likeness (QED) is 0.803. The first kappa shape index (κ1) is 15.9. The molecule has 0 amide bonds. The van der Waals surface area contributed by atoms with Crippen molar-refractivity contribution in [2.24, 2.45) is 0 Å². The molecule has 0 aliphatic heterocycles. The van der Waals surface area contributed by atoms with Gasteiger partial charge in [-0.15, -0.1) is 0 Å². The highest BCUT2D eigenvalue weighted by atomic mass is 35.5. The Morgan fingerprint density at radius 2 is 1.74 bits per heavy atom. The van der Waals surface area contributed by atoms with Crippen molar-refractivity contribution in [3.63, 3.8) is 0 Å². The van der Waals surface area contributed by atoms with Gasteiger partial charge in [0, 0.05) is 11.7 Å². The minimum Gasteiger partial charge on any atom is -0.351 e. The predicted octanol–water partition coefficient (Wildman–Crippen LogP) is 4.54. The third kappa shape index (κ3) is 4.76. The molecular weight excluding hydrogens is 317 g/mol. The largest absolute Gasteiger partial charge is 0.351 e. The number of rotatable bonds is 4. The monoisotopic (exact) mass is 335 g/mol. The smallest absolute Gasteiger partial charge is 0.233 e. The topological polar surface area (TPSA) is 62.7 Å². The SMILES string of the molecule is Fc1cccc(Nc2nc(Cl)nc(NC3CCCCCC3)n2)c1. The number of benzene rings is 1. The van der Waals surface area contributed by atoms with Gasteiger partial charge >= 0.3 is 0 Å². The van der Waals surface area contributed by atoms with E-state index in [0.29, 0.717) is 23.6 Å². The third-order valence-corrected chi connectivity index (χ3v) is 4.05. The van der Waals surface area contributed by atoms with Crippen molar-refractivity contribution in [2.75, 3.05) is 10.6 Å². The van der Waals surface area contributed by atoms with Crippen LogP contribution in [0.15, 0.2) is 24.3 Å². The first-order valence-corrected chi connectivity index (χ1v) is 8.27. The molecule has 0 unspecified atom stereocenters. The minimum atomic E-state index is -0.327. The van der Waals surface area contributed by atoms with Crippen LogP contribution in [0.5, 0.6) is 0 Å². The van der Waals surface area contributed by atoms with Gasteiger partial charge in [0.2, 0.25) is 17.2 Å². The van der Waals surface area contributed by atoms with E-state index in [0.717, 1.165) is 12.8 Å². The zero-order chi connectivity index (χ0) is 16.1. The van der Waals surface area contributed by atoms with Gasteiger partial charge in [-0.2, -0.15) is 15.0 Å². The fraction of sp³-hybridized carbons (Fsp3) is 0.438. The number of nitrogens with zero attached hydrogens (tertiary/aromatic N) is 3. The van der Waals surface area contributed by atoms with Crippen molar-refractivity contribution in [1.82, 2.24) is 15.0 Å². The Morgan fingerprint density at radius 3 is 2.48 bits per heavy atom. The molecule has 1 heterocycles. The summed E-state index contributed by atoms with van der Waals surface area (Å²) in [4.78, 5) is 12.5. The van der Waals surface area contributed by atoms with Crippen molar-refractivity contribution in [1.29, 1.82) is 0 Å². The summed E-state index contributed by atoms with van der Waals surface area (Å²) in [5.74, 6) is 0.425. The fourth-order valence-electron chi connectivity index (χ4n) is 2.77. The lowest BCUT2D eigenvalue weighted by molar-refractivity contribution is 0.614. The highest BCUT2D eigenvalue weighted by Crippen LogP contribution is 2.21. The molecule has 122 valence electrons. The van der Waals surface area contributed by atoms with Crippen molar-refractivity contribution in [2.45, 2.75) is 44.6 Å². The Balaban J connectivity index is 1.73. The molecule has 23 heavy (non-hydrogen) atoms. The molecular formula is C16H19ClFN5. The second kappa shape index (κ2) is 7.55. The molecule has 1 aromatic heterocycles. The van der Waals surface area contributed by atoms with Crippen molar-refractivity contribution in [3.8, 4) is 0 Å². The Labute approximate surface area is 139 Å². The Hall–Kier alpha value is -1.95. The zero-order valence-electron chi connectivity index (χ0n) is 12.7. The van der Waals surface area contributed by atoms with E-state index in [2.05, 4.69) is 25.6 Å². The van der Waals surface area contributed by atoms with Gasteiger partial charge in [-0.25, -0.2) is 4.39 Å². The molecule has 1 aliphatic carbocycles. The fourth-order valence-corrected chi connectivity index (χ4v) is 2.93. The van der Waals surface area contributed by atoms with Gasteiger partial charge < -0.3 is 10.6 Å². The summed E-state index contributed by atoms with van der Waals surface area (Å²) in [5.41, 5.74) is 0.563. The number of hydrogen-bond donors (Lipinski definition) is 2. The number of anilines is 3. The standard InChI is InChI=1S/C16H19ClFN5/c17-14-21-15(19-12-7-3-1-2-4-8-12)23-16(22-14)20-13-9-5-6-11(18)10-13/h5-6,9-10,12H,1-4,7-8H2,(H2,19,20,21,22,23). The lowest BCUT2D eigenvalue weighted by Crippen LogP contribution is -2.20. The first-order chi connectivity index (χ1) is 11.2. The van der Waals surface area contributed by atoms with Crippen LogP contribution < -0.4 is 10.6 Å². The molecule has 1 aromatic carbocycles. The molecule has 2 aromatic rings. The average molecular weight is 336 g/mol. The van der Waals surface area contributed by atoms with Crippen LogP contribution in [0.1, 0.15) is 38.5 Å². The highest BCUT2D eigenvalue weighted by Gasteiger charge is 2.14. The molecule has 0 spiro atoms. The number of hydrogen-bond acceptors (Lipinski definition) is 5. The molecule has 0 atom stereocenters. The Kier molecular flexibility index (Phi) is 5.23. The lowest BCUT2D eigenvalue weighted by Gasteiger charge is -2.16. The summed E-state index contributed by atoms with van der Waals surface area (Å²) in [6, 6.07) is 6.46. The normalized spacial score (nSPS) is 15.9. The summed E-state index contributed by atoms with van der Waals surface area (Å²) < 4.78 is 13.2. The van der Waals surface area contributed by atoms with E-state index < -0.39 is 0 Å². The molecule has 3 rings (SSSR count). The van der Waals surface area contributed by atoms with E-state index in [1.807, 2.05) is 0 Å². The van der Waals surface area contributed by atoms with E-state index in [4.69, 9.17) is 11.6 Å². The molecule has 0 radical (unpaired) electrons. The van der Waals surface area contributed by atoms with Gasteiger partial charge in [-0.05, 0) is 42.6 Å². The maximum atomic E-state index is 13.2. The molecule has 5 nitrogen and oxygen atoms in total. The summed E-state index contributed by atoms with van der Waals surface area (Å²) in [7, 11) is 0. The van der Waals surface area contributed by atoms with Crippen LogP contribution in [0.2, 0.25) is 5.28 Å². The zero-order valence-corrected chi connectivity index (χ0v) is 13.5. The Morgan fingerprint density at radius 1 is 1.00 bits per heavy atom. The first-order valence-electron chi connectivity index (χ1n) is 7.90. The molecule has 1 aliphatic rings. The van der Waals surface area contributed by atoms with Crippen LogP contribution in [0.3, 0.4) is 0 Å². The Bertz CT molecular complexity index is 659. The van der Waals surface area contributed by atoms with Crippen molar-refractivity contribution < 1.29 is 4.39 Å². The second-order valence-corrected chi connectivity index (χ2v) is 6.06. The van der Waals surface area contributed by atoms with Gasteiger partial charge in [0.15, 0.2) is 0 Å². The van der Waals surface area contributed by atoms with E-state index in [1.165, 1.54) is 37.8 Å². The number of halogens is 2. The van der Waals surface area contributed by atoms with Crippen LogP contribution in [-0.2, 0) is 0 Å². The van der Waals surface area contributed by atoms with Crippen molar-refractivity contribution in [3.05, 3.63) is 35.4 Å². The van der Waals surface area contributed by atoms with Crippen molar-refractivity contribution >= 4 is 29.2 Å². The predicted molar refractivity (Wildman–Crippen MR) is 89.6 cm³/mol. The van der Waals surface area contributed by atoms with Gasteiger partial charge in [0.1, 0.15) is 5.82 Å². The maximum Gasteiger partial charge on any atom is 0.233 e. The van der Waals surface area contributed by atoms with Crippen LogP contribution in [-0.4, -0.2) is 21.0 Å². The van der Waals surface area contributed by atoms with E-state index in [1.54, 1.807) is 12.1 Å². The van der Waals surface area contributed by atoms with Gasteiger partial charge in [-0.3, -0.25) is 0 Å². The number of nitrogens with one attached hydrogen (secondary N) is 2. The minimum absolute atomic E-state index is 0.107. The van der Waals surface area contributed by atoms with Crippen LogP contribution in [0.4, 0.5) is 22.0 Å². The van der Waals surface area contributed by atoms with E-state index in [-0.39, 0.29) is 11.1 Å². The lowest BCUT2D eigenvalue weighted by atomic mass is 10.1. The summed E-state index contributed by atoms with van der Waals surface area (Å²) in [5, 5.41) is 6.39. The molecule has 1 saturated carbocycles. The van der Waals surface area contributed by atoms with Gasteiger partial charge in [-0.1, -0.05) is 31.7 Å².